The number of halogens is 4. The Bertz CT molecular complexity index is 723. The molecule has 0 saturated carbocycles. The van der Waals surface area contributed by atoms with Gasteiger partial charge >= 0.3 is 6.18 Å². The minimum atomic E-state index is -4.66. The Balaban J connectivity index is 2.28. The van der Waals surface area contributed by atoms with Crippen molar-refractivity contribution >= 4 is 21.8 Å². The summed E-state index contributed by atoms with van der Waals surface area (Å²) < 4.78 is 41.7. The summed E-state index contributed by atoms with van der Waals surface area (Å²) in [5.41, 5.74) is -0.713. The molecule has 0 aliphatic rings. The van der Waals surface area contributed by atoms with Gasteiger partial charge < -0.3 is 5.32 Å². The molecule has 1 N–H and O–H groups in total. The van der Waals surface area contributed by atoms with E-state index in [4.69, 9.17) is 0 Å². The van der Waals surface area contributed by atoms with Gasteiger partial charge in [0, 0.05) is 10.5 Å². The van der Waals surface area contributed by atoms with E-state index in [1.807, 2.05) is 0 Å². The maximum atomic E-state index is 13.3. The lowest BCUT2D eigenvalue weighted by molar-refractivity contribution is -0.145. The van der Waals surface area contributed by atoms with Crippen molar-refractivity contribution in [2.24, 2.45) is 0 Å². The van der Waals surface area contributed by atoms with Gasteiger partial charge in [0.15, 0.2) is 5.69 Å². The van der Waals surface area contributed by atoms with Crippen LogP contribution < -0.4 is 5.32 Å². The molecule has 24 heavy (non-hydrogen) atoms. The highest BCUT2D eigenvalue weighted by molar-refractivity contribution is 9.10. The molecule has 1 heterocycles. The van der Waals surface area contributed by atoms with E-state index < -0.39 is 35.4 Å². The quantitative estimate of drug-likeness (QED) is 0.801. The van der Waals surface area contributed by atoms with Gasteiger partial charge in [-0.15, -0.1) is 0 Å². The number of benzene rings is 1. The van der Waals surface area contributed by atoms with Gasteiger partial charge in [0.1, 0.15) is 0 Å². The normalized spacial score (nSPS) is 13.2. The van der Waals surface area contributed by atoms with Crippen molar-refractivity contribution in [3.8, 4) is 0 Å². The monoisotopic (exact) mass is 403 g/mol. The zero-order valence-corrected chi connectivity index (χ0v) is 14.9. The maximum absolute atomic E-state index is 13.3. The van der Waals surface area contributed by atoms with Gasteiger partial charge in [0.2, 0.25) is 0 Å². The maximum Gasteiger partial charge on any atom is 0.433 e. The summed E-state index contributed by atoms with van der Waals surface area (Å²) in [7, 11) is 0. The first-order valence-electron chi connectivity index (χ1n) is 7.32. The fourth-order valence-corrected chi connectivity index (χ4v) is 2.58. The largest absolute Gasteiger partial charge is 0.433 e. The molecule has 130 valence electrons. The number of nitrogens with one attached hydrogen (secondary N) is 1. The molecule has 1 unspecified atom stereocenters. The number of rotatable bonds is 4. The molecule has 1 aromatic carbocycles. The second-order valence-electron chi connectivity index (χ2n) is 5.69. The first-order valence-corrected chi connectivity index (χ1v) is 8.11. The Morgan fingerprint density at radius 1 is 1.21 bits per heavy atom. The summed E-state index contributed by atoms with van der Waals surface area (Å²) in [4.78, 5) is 12.3. The van der Waals surface area contributed by atoms with Gasteiger partial charge in [-0.1, -0.05) is 28.1 Å². The van der Waals surface area contributed by atoms with Crippen LogP contribution in [0.3, 0.4) is 0 Å². The zero-order valence-electron chi connectivity index (χ0n) is 13.4. The van der Waals surface area contributed by atoms with Gasteiger partial charge in [-0.05, 0) is 38.5 Å². The average molecular weight is 404 g/mol. The van der Waals surface area contributed by atoms with Crippen molar-refractivity contribution in [1.29, 1.82) is 0 Å². The van der Waals surface area contributed by atoms with Gasteiger partial charge in [-0.2, -0.15) is 18.3 Å². The van der Waals surface area contributed by atoms with Crippen LogP contribution in [0.2, 0.25) is 0 Å². The number of aromatic nitrogens is 2. The summed E-state index contributed by atoms with van der Waals surface area (Å²) in [5, 5.41) is 6.31. The van der Waals surface area contributed by atoms with Crippen LogP contribution in [0.1, 0.15) is 54.5 Å². The molecule has 0 aliphatic heterocycles. The lowest BCUT2D eigenvalue weighted by atomic mass is 10.1. The molecular formula is C16H17BrF3N3O. The topological polar surface area (TPSA) is 46.9 Å². The van der Waals surface area contributed by atoms with Gasteiger partial charge in [-0.3, -0.25) is 9.48 Å². The van der Waals surface area contributed by atoms with E-state index >= 15 is 0 Å². The van der Waals surface area contributed by atoms with Crippen LogP contribution >= 0.6 is 15.9 Å². The van der Waals surface area contributed by atoms with Crippen molar-refractivity contribution in [2.45, 2.75) is 39.0 Å². The van der Waals surface area contributed by atoms with E-state index in [9.17, 15) is 18.0 Å². The Labute approximate surface area is 146 Å². The van der Waals surface area contributed by atoms with E-state index in [0.717, 1.165) is 20.9 Å². The zero-order chi connectivity index (χ0) is 18.1. The lowest BCUT2D eigenvalue weighted by Crippen LogP contribution is -2.29. The minimum Gasteiger partial charge on any atom is -0.345 e. The van der Waals surface area contributed by atoms with E-state index in [0.29, 0.717) is 0 Å². The van der Waals surface area contributed by atoms with Gasteiger partial charge in [-0.25, -0.2) is 0 Å². The van der Waals surface area contributed by atoms with Crippen molar-refractivity contribution < 1.29 is 18.0 Å². The molecule has 0 spiro atoms. The predicted octanol–water partition coefficient (Wildman–Crippen LogP) is 4.74. The van der Waals surface area contributed by atoms with Crippen LogP contribution in [-0.4, -0.2) is 15.7 Å². The number of hydrogen-bond acceptors (Lipinski definition) is 2. The van der Waals surface area contributed by atoms with Crippen LogP contribution in [0.4, 0.5) is 13.2 Å². The summed E-state index contributed by atoms with van der Waals surface area (Å²) in [6.45, 7) is 4.87. The van der Waals surface area contributed by atoms with Crippen LogP contribution in [0.25, 0.3) is 0 Å². The minimum absolute atomic E-state index is 0.436. The van der Waals surface area contributed by atoms with Crippen molar-refractivity contribution in [3.63, 3.8) is 0 Å². The Morgan fingerprint density at radius 3 is 2.29 bits per heavy atom. The molecule has 1 atom stereocenters. The molecule has 1 aromatic heterocycles. The summed E-state index contributed by atoms with van der Waals surface area (Å²) in [6.07, 6.45) is -3.69. The first-order chi connectivity index (χ1) is 11.1. The molecule has 2 rings (SSSR count). The van der Waals surface area contributed by atoms with Crippen LogP contribution in [-0.2, 0) is 6.18 Å². The number of amides is 1. The van der Waals surface area contributed by atoms with Crippen molar-refractivity contribution in [2.75, 3.05) is 0 Å². The van der Waals surface area contributed by atoms with E-state index in [-0.39, 0.29) is 0 Å². The van der Waals surface area contributed by atoms with Crippen LogP contribution in [0.5, 0.6) is 0 Å². The molecule has 0 aliphatic carbocycles. The Kier molecular flexibility index (Phi) is 5.37. The van der Waals surface area contributed by atoms with Gasteiger partial charge in [0.25, 0.3) is 5.91 Å². The second-order valence-corrected chi connectivity index (χ2v) is 6.61. The second kappa shape index (κ2) is 6.96. The van der Waals surface area contributed by atoms with Crippen LogP contribution in [0.15, 0.2) is 34.9 Å². The Hall–Kier alpha value is -1.83. The molecule has 1 amide bonds. The highest BCUT2D eigenvalue weighted by Gasteiger charge is 2.40. The number of alkyl halides is 3. The third-order valence-electron chi connectivity index (χ3n) is 3.52. The van der Waals surface area contributed by atoms with Crippen molar-refractivity contribution in [1.82, 2.24) is 15.1 Å². The fourth-order valence-electron chi connectivity index (χ4n) is 2.31. The highest BCUT2D eigenvalue weighted by atomic mass is 79.9. The van der Waals surface area contributed by atoms with Crippen LogP contribution in [0, 0.1) is 0 Å². The number of hydrogen-bond donors (Lipinski definition) is 1. The fraction of sp³-hybridized carbons (Fsp3) is 0.375. The molecule has 8 heteroatoms. The molecular weight excluding hydrogens is 387 g/mol. The molecule has 0 saturated heterocycles. The summed E-state index contributed by atoms with van der Waals surface area (Å²) in [6, 6.07) is 6.24. The standard InChI is InChI=1S/C16H17BrF3N3O/c1-9(2)23-14(16(18,19)20)13(8-21-23)15(24)22-10(3)11-4-6-12(17)7-5-11/h4-10H,1-3H3,(H,22,24). The lowest BCUT2D eigenvalue weighted by Gasteiger charge is -2.17. The number of nitrogens with zero attached hydrogens (tertiary/aromatic N) is 2. The SMILES string of the molecule is CC(NC(=O)c1cnn(C(C)C)c1C(F)(F)F)c1ccc(Br)cc1. The molecule has 4 nitrogen and oxygen atoms in total. The molecule has 0 bridgehead atoms. The predicted molar refractivity (Wildman–Crippen MR) is 87.6 cm³/mol. The molecule has 2 aromatic rings. The van der Waals surface area contributed by atoms with E-state index in [1.54, 1.807) is 45.0 Å². The molecule has 0 fully saturated rings. The third kappa shape index (κ3) is 3.98. The van der Waals surface area contributed by atoms with Crippen molar-refractivity contribution in [3.05, 3.63) is 51.8 Å². The molecule has 0 radical (unpaired) electrons. The van der Waals surface area contributed by atoms with E-state index in [2.05, 4.69) is 26.3 Å². The third-order valence-corrected chi connectivity index (χ3v) is 4.04. The summed E-state index contributed by atoms with van der Waals surface area (Å²) in [5.74, 6) is -0.801. The first kappa shape index (κ1) is 18.5. The number of carbonyl (C=O) groups is 1. The Morgan fingerprint density at radius 2 is 1.79 bits per heavy atom. The smallest absolute Gasteiger partial charge is 0.345 e. The van der Waals surface area contributed by atoms with E-state index in [1.165, 1.54) is 0 Å². The number of carbonyl (C=O) groups excluding carboxylic acids is 1. The van der Waals surface area contributed by atoms with Gasteiger partial charge in [0.05, 0.1) is 17.8 Å². The average Bonchev–Trinajstić information content (AvgIpc) is 2.93. The highest BCUT2D eigenvalue weighted by Crippen LogP contribution is 2.33. The summed E-state index contributed by atoms with van der Waals surface area (Å²) >= 11 is 3.31.